The van der Waals surface area contributed by atoms with Crippen molar-refractivity contribution in [2.75, 3.05) is 6.61 Å². The SMILES string of the molecule is CC(C)(C)OC(=O)N[C@@H](Cc1cccs1)C1CO1. The first-order valence-electron chi connectivity index (χ1n) is 6.07. The Morgan fingerprint density at radius 2 is 2.39 bits per heavy atom. The van der Waals surface area contributed by atoms with Gasteiger partial charge in [0.1, 0.15) is 11.7 Å². The molecule has 1 aromatic rings. The summed E-state index contributed by atoms with van der Waals surface area (Å²) < 4.78 is 10.5. The van der Waals surface area contributed by atoms with Crippen LogP contribution in [0.25, 0.3) is 0 Å². The van der Waals surface area contributed by atoms with Gasteiger partial charge in [-0.3, -0.25) is 0 Å². The lowest BCUT2D eigenvalue weighted by molar-refractivity contribution is 0.0495. The standard InChI is InChI=1S/C13H19NO3S/c1-13(2,3)17-12(15)14-10(11-8-16-11)7-9-5-4-6-18-9/h4-6,10-11H,7-8H2,1-3H3,(H,14,15)/t10-,11?/m0/s1. The van der Waals surface area contributed by atoms with Crippen LogP contribution in [-0.4, -0.2) is 30.4 Å². The molecular formula is C13H19NO3S. The number of alkyl carbamates (subject to hydrolysis) is 1. The van der Waals surface area contributed by atoms with Crippen LogP contribution in [-0.2, 0) is 15.9 Å². The van der Waals surface area contributed by atoms with E-state index in [2.05, 4.69) is 11.4 Å². The number of thiophene rings is 1. The summed E-state index contributed by atoms with van der Waals surface area (Å²) in [6.07, 6.45) is 0.542. The van der Waals surface area contributed by atoms with E-state index in [0.717, 1.165) is 6.42 Å². The first-order valence-corrected chi connectivity index (χ1v) is 6.95. The Bertz CT molecular complexity index is 393. The predicted octanol–water partition coefficient (Wildman–Crippen LogP) is 2.58. The van der Waals surface area contributed by atoms with Gasteiger partial charge in [-0.15, -0.1) is 11.3 Å². The largest absolute Gasteiger partial charge is 0.444 e. The molecule has 1 N–H and O–H groups in total. The molecule has 1 aromatic heterocycles. The molecule has 0 spiro atoms. The van der Waals surface area contributed by atoms with Crippen LogP contribution in [0.4, 0.5) is 4.79 Å². The molecule has 1 amide bonds. The molecule has 1 saturated heterocycles. The van der Waals surface area contributed by atoms with Crippen molar-refractivity contribution in [2.45, 2.75) is 44.9 Å². The van der Waals surface area contributed by atoms with Gasteiger partial charge in [0.05, 0.1) is 12.6 Å². The van der Waals surface area contributed by atoms with Gasteiger partial charge in [-0.25, -0.2) is 4.79 Å². The lowest BCUT2D eigenvalue weighted by Gasteiger charge is -2.22. The number of carbonyl (C=O) groups excluding carboxylic acids is 1. The molecule has 1 fully saturated rings. The molecule has 100 valence electrons. The van der Waals surface area contributed by atoms with Crippen molar-refractivity contribution < 1.29 is 14.3 Å². The summed E-state index contributed by atoms with van der Waals surface area (Å²) in [4.78, 5) is 13.0. The molecule has 4 nitrogen and oxygen atoms in total. The van der Waals surface area contributed by atoms with Crippen LogP contribution >= 0.6 is 11.3 Å². The molecule has 18 heavy (non-hydrogen) atoms. The Kier molecular flexibility index (Phi) is 3.92. The average Bonchev–Trinajstić information content (AvgIpc) is 2.95. The van der Waals surface area contributed by atoms with E-state index < -0.39 is 5.60 Å². The summed E-state index contributed by atoms with van der Waals surface area (Å²) in [7, 11) is 0. The fraction of sp³-hybridized carbons (Fsp3) is 0.615. The minimum atomic E-state index is -0.470. The summed E-state index contributed by atoms with van der Waals surface area (Å²) in [5, 5.41) is 4.93. The number of carbonyl (C=O) groups is 1. The zero-order chi connectivity index (χ0) is 13.2. The lowest BCUT2D eigenvalue weighted by Crippen LogP contribution is -2.43. The van der Waals surface area contributed by atoms with Gasteiger partial charge in [0.2, 0.25) is 0 Å². The zero-order valence-electron chi connectivity index (χ0n) is 10.9. The van der Waals surface area contributed by atoms with Crippen molar-refractivity contribution in [1.29, 1.82) is 0 Å². The van der Waals surface area contributed by atoms with Crippen molar-refractivity contribution in [3.8, 4) is 0 Å². The third-order valence-electron chi connectivity index (χ3n) is 2.51. The fourth-order valence-electron chi connectivity index (χ4n) is 1.67. The van der Waals surface area contributed by atoms with Gasteiger partial charge in [-0.2, -0.15) is 0 Å². The van der Waals surface area contributed by atoms with Gasteiger partial charge in [-0.1, -0.05) is 6.07 Å². The summed E-state index contributed by atoms with van der Waals surface area (Å²) >= 11 is 1.69. The number of nitrogens with one attached hydrogen (secondary N) is 1. The van der Waals surface area contributed by atoms with Crippen molar-refractivity contribution in [1.82, 2.24) is 5.32 Å². The van der Waals surface area contributed by atoms with Gasteiger partial charge >= 0.3 is 6.09 Å². The summed E-state index contributed by atoms with van der Waals surface area (Å²) in [6.45, 7) is 6.28. The molecule has 0 aliphatic carbocycles. The highest BCUT2D eigenvalue weighted by molar-refractivity contribution is 7.09. The van der Waals surface area contributed by atoms with Crippen molar-refractivity contribution >= 4 is 17.4 Å². The Hall–Kier alpha value is -1.07. The highest BCUT2D eigenvalue weighted by atomic mass is 32.1. The lowest BCUT2D eigenvalue weighted by atomic mass is 10.1. The highest BCUT2D eigenvalue weighted by Crippen LogP contribution is 2.21. The highest BCUT2D eigenvalue weighted by Gasteiger charge is 2.35. The van der Waals surface area contributed by atoms with Gasteiger partial charge in [0.25, 0.3) is 0 Å². The third-order valence-corrected chi connectivity index (χ3v) is 3.41. The smallest absolute Gasteiger partial charge is 0.407 e. The fourth-order valence-corrected chi connectivity index (χ4v) is 2.43. The van der Waals surface area contributed by atoms with Gasteiger partial charge in [0.15, 0.2) is 0 Å². The molecule has 2 atom stereocenters. The van der Waals surface area contributed by atoms with Crippen molar-refractivity contribution in [3.63, 3.8) is 0 Å². The van der Waals surface area contributed by atoms with E-state index in [9.17, 15) is 4.79 Å². The van der Waals surface area contributed by atoms with Crippen molar-refractivity contribution in [3.05, 3.63) is 22.4 Å². The summed E-state index contributed by atoms with van der Waals surface area (Å²) in [5.74, 6) is 0. The first-order chi connectivity index (χ1) is 8.44. The minimum Gasteiger partial charge on any atom is -0.444 e. The Balaban J connectivity index is 1.88. The predicted molar refractivity (Wildman–Crippen MR) is 70.9 cm³/mol. The molecule has 0 bridgehead atoms. The quantitative estimate of drug-likeness (QED) is 0.855. The number of amides is 1. The molecule has 2 heterocycles. The molecule has 5 heteroatoms. The Labute approximate surface area is 111 Å². The van der Waals surface area contributed by atoms with E-state index >= 15 is 0 Å². The normalized spacial score (nSPS) is 20.3. The number of epoxide rings is 1. The van der Waals surface area contributed by atoms with E-state index in [0.29, 0.717) is 6.61 Å². The zero-order valence-corrected chi connectivity index (χ0v) is 11.8. The number of hydrogen-bond acceptors (Lipinski definition) is 4. The topological polar surface area (TPSA) is 50.9 Å². The summed E-state index contributed by atoms with van der Waals surface area (Å²) in [6, 6.07) is 4.08. The molecule has 0 saturated carbocycles. The number of rotatable bonds is 4. The molecular weight excluding hydrogens is 250 g/mol. The second-order valence-electron chi connectivity index (χ2n) is 5.41. The molecule has 1 aliphatic heterocycles. The minimum absolute atomic E-state index is 0.00139. The molecule has 0 radical (unpaired) electrons. The number of hydrogen-bond donors (Lipinski definition) is 1. The second-order valence-corrected chi connectivity index (χ2v) is 6.44. The van der Waals surface area contributed by atoms with Crippen LogP contribution in [0.15, 0.2) is 17.5 Å². The van der Waals surface area contributed by atoms with E-state index in [1.54, 1.807) is 11.3 Å². The van der Waals surface area contributed by atoms with Crippen LogP contribution in [0.2, 0.25) is 0 Å². The average molecular weight is 269 g/mol. The third kappa shape index (κ3) is 4.31. The summed E-state index contributed by atoms with van der Waals surface area (Å²) in [5.41, 5.74) is -0.470. The molecule has 0 aromatic carbocycles. The molecule has 1 aliphatic rings. The van der Waals surface area contributed by atoms with Gasteiger partial charge in [0, 0.05) is 11.3 Å². The van der Waals surface area contributed by atoms with E-state index in [1.807, 2.05) is 32.2 Å². The van der Waals surface area contributed by atoms with Crippen LogP contribution in [0.5, 0.6) is 0 Å². The van der Waals surface area contributed by atoms with E-state index in [4.69, 9.17) is 9.47 Å². The Morgan fingerprint density at radius 1 is 1.67 bits per heavy atom. The second kappa shape index (κ2) is 5.28. The first kappa shape index (κ1) is 13.4. The van der Waals surface area contributed by atoms with Crippen molar-refractivity contribution in [2.24, 2.45) is 0 Å². The monoisotopic (exact) mass is 269 g/mol. The van der Waals surface area contributed by atoms with E-state index in [-0.39, 0.29) is 18.2 Å². The van der Waals surface area contributed by atoms with Crippen LogP contribution < -0.4 is 5.32 Å². The van der Waals surface area contributed by atoms with Gasteiger partial charge in [-0.05, 0) is 32.2 Å². The maximum atomic E-state index is 11.7. The Morgan fingerprint density at radius 3 is 2.89 bits per heavy atom. The maximum absolute atomic E-state index is 11.7. The van der Waals surface area contributed by atoms with Crippen LogP contribution in [0, 0.1) is 0 Å². The van der Waals surface area contributed by atoms with Crippen LogP contribution in [0.3, 0.4) is 0 Å². The molecule has 2 rings (SSSR count). The van der Waals surface area contributed by atoms with E-state index in [1.165, 1.54) is 4.88 Å². The maximum Gasteiger partial charge on any atom is 0.407 e. The number of ether oxygens (including phenoxy) is 2. The van der Waals surface area contributed by atoms with Crippen LogP contribution in [0.1, 0.15) is 25.6 Å². The molecule has 1 unspecified atom stereocenters. The van der Waals surface area contributed by atoms with Gasteiger partial charge < -0.3 is 14.8 Å².